The predicted octanol–water partition coefficient (Wildman–Crippen LogP) is 0.0719. The summed E-state index contributed by atoms with van der Waals surface area (Å²) in [7, 11) is 1.49. The molecule has 1 aliphatic rings. The first-order valence-electron chi connectivity index (χ1n) is 2.22. The number of carbonyl (C=O) groups excluding carboxylic acids is 1. The van der Waals surface area contributed by atoms with Gasteiger partial charge in [-0.2, -0.15) is 0 Å². The van der Waals surface area contributed by atoms with Gasteiger partial charge in [0.25, 0.3) is 0 Å². The highest BCUT2D eigenvalue weighted by Crippen LogP contribution is 2.15. The van der Waals surface area contributed by atoms with Crippen LogP contribution in [0.3, 0.4) is 0 Å². The van der Waals surface area contributed by atoms with Gasteiger partial charge in [0.1, 0.15) is 0 Å². The highest BCUT2D eigenvalue weighted by molar-refractivity contribution is 5.75. The largest absolute Gasteiger partial charge is 0.467 e. The van der Waals surface area contributed by atoms with Crippen molar-refractivity contribution >= 4 is 6.29 Å². The Morgan fingerprint density at radius 1 is 2.00 bits per heavy atom. The summed E-state index contributed by atoms with van der Waals surface area (Å²) in [5.74, 6) is 0. The predicted molar refractivity (Wildman–Crippen MR) is 26.0 cm³/mol. The Morgan fingerprint density at radius 2 is 2.75 bits per heavy atom. The van der Waals surface area contributed by atoms with Gasteiger partial charge in [0.05, 0.1) is 11.8 Å². The van der Waals surface area contributed by atoms with Crippen molar-refractivity contribution in [2.45, 2.75) is 6.29 Å². The van der Waals surface area contributed by atoms with Gasteiger partial charge in [-0.1, -0.05) is 0 Å². The number of hydrogen-bond acceptors (Lipinski definition) is 3. The lowest BCUT2D eigenvalue weighted by Gasteiger charge is -2.21. The number of hydrogen-bond donors (Lipinski definition) is 0. The summed E-state index contributed by atoms with van der Waals surface area (Å²) < 4.78 is 9.34. The minimum Gasteiger partial charge on any atom is -0.467 e. The van der Waals surface area contributed by atoms with Crippen molar-refractivity contribution < 1.29 is 14.3 Å². The molecule has 3 nitrogen and oxygen atoms in total. The van der Waals surface area contributed by atoms with Gasteiger partial charge < -0.3 is 9.47 Å². The maximum absolute atomic E-state index is 9.93. The highest BCUT2D eigenvalue weighted by Gasteiger charge is 2.21. The van der Waals surface area contributed by atoms with E-state index in [1.807, 2.05) is 0 Å². The molecule has 0 aromatic heterocycles. The minimum absolute atomic E-state index is 0.410. The monoisotopic (exact) mass is 114 g/mol. The topological polar surface area (TPSA) is 35.5 Å². The molecule has 0 aliphatic carbocycles. The molecular formula is C5H6O3. The van der Waals surface area contributed by atoms with E-state index in [0.717, 1.165) is 6.29 Å². The second-order valence-corrected chi connectivity index (χ2v) is 1.44. The van der Waals surface area contributed by atoms with E-state index in [1.54, 1.807) is 0 Å². The van der Waals surface area contributed by atoms with Crippen LogP contribution in [0.4, 0.5) is 0 Å². The van der Waals surface area contributed by atoms with E-state index >= 15 is 0 Å². The van der Waals surface area contributed by atoms with E-state index in [4.69, 9.17) is 0 Å². The summed E-state index contributed by atoms with van der Waals surface area (Å²) in [5, 5.41) is 0. The van der Waals surface area contributed by atoms with Gasteiger partial charge in [0, 0.05) is 7.11 Å². The van der Waals surface area contributed by atoms with Crippen molar-refractivity contribution in [2.75, 3.05) is 7.11 Å². The first-order chi connectivity index (χ1) is 3.88. The molecule has 0 saturated carbocycles. The van der Waals surface area contributed by atoms with Crippen molar-refractivity contribution in [2.24, 2.45) is 0 Å². The summed E-state index contributed by atoms with van der Waals surface area (Å²) in [5.41, 5.74) is 0.563. The van der Waals surface area contributed by atoms with Gasteiger partial charge in [-0.15, -0.1) is 0 Å². The van der Waals surface area contributed by atoms with E-state index in [2.05, 4.69) is 9.47 Å². The van der Waals surface area contributed by atoms with E-state index in [9.17, 15) is 4.79 Å². The van der Waals surface area contributed by atoms with Crippen molar-refractivity contribution in [3.8, 4) is 0 Å². The van der Waals surface area contributed by atoms with Crippen molar-refractivity contribution in [3.05, 3.63) is 11.8 Å². The quantitative estimate of drug-likeness (QED) is 0.476. The molecule has 44 valence electrons. The van der Waals surface area contributed by atoms with Crippen LogP contribution in [0.1, 0.15) is 0 Å². The SMILES string of the molecule is COC1OC=C1C=O. The van der Waals surface area contributed by atoms with Crippen LogP contribution in [-0.2, 0) is 14.3 Å². The lowest BCUT2D eigenvalue weighted by molar-refractivity contribution is -0.119. The molecule has 1 rings (SSSR count). The molecule has 0 spiro atoms. The van der Waals surface area contributed by atoms with Crippen molar-refractivity contribution in [1.82, 2.24) is 0 Å². The molecule has 0 fully saturated rings. The van der Waals surface area contributed by atoms with Crippen LogP contribution in [0.5, 0.6) is 0 Å². The summed E-state index contributed by atoms with van der Waals surface area (Å²) in [6.07, 6.45) is 1.69. The number of ether oxygens (including phenoxy) is 2. The number of aldehydes is 1. The maximum atomic E-state index is 9.93. The zero-order chi connectivity index (χ0) is 5.98. The van der Waals surface area contributed by atoms with Gasteiger partial charge in [-0.3, -0.25) is 4.79 Å². The molecule has 3 heteroatoms. The Kier molecular flexibility index (Phi) is 1.30. The van der Waals surface area contributed by atoms with Gasteiger partial charge in [0.2, 0.25) is 6.29 Å². The van der Waals surface area contributed by atoms with Gasteiger partial charge >= 0.3 is 0 Å². The van der Waals surface area contributed by atoms with Crippen LogP contribution >= 0.6 is 0 Å². The molecule has 0 N–H and O–H groups in total. The number of carbonyl (C=O) groups is 1. The lowest BCUT2D eigenvalue weighted by Crippen LogP contribution is -2.24. The Morgan fingerprint density at radius 3 is 2.88 bits per heavy atom. The third kappa shape index (κ3) is 0.607. The van der Waals surface area contributed by atoms with Crippen LogP contribution in [0.15, 0.2) is 11.8 Å². The van der Waals surface area contributed by atoms with Crippen LogP contribution in [0.25, 0.3) is 0 Å². The van der Waals surface area contributed by atoms with Gasteiger partial charge in [-0.05, 0) is 0 Å². The normalized spacial score (nSPS) is 25.1. The molecule has 0 aromatic carbocycles. The smallest absolute Gasteiger partial charge is 0.231 e. The fraction of sp³-hybridized carbons (Fsp3) is 0.400. The summed E-state index contributed by atoms with van der Waals surface area (Å²) in [6.45, 7) is 0. The van der Waals surface area contributed by atoms with Crippen molar-refractivity contribution in [1.29, 1.82) is 0 Å². The summed E-state index contributed by atoms with van der Waals surface area (Å²) >= 11 is 0. The highest BCUT2D eigenvalue weighted by atomic mass is 16.7. The molecule has 0 bridgehead atoms. The number of methoxy groups -OCH3 is 1. The zero-order valence-electron chi connectivity index (χ0n) is 4.46. The van der Waals surface area contributed by atoms with Crippen LogP contribution < -0.4 is 0 Å². The molecule has 1 aliphatic heterocycles. The van der Waals surface area contributed by atoms with E-state index in [-0.39, 0.29) is 0 Å². The molecule has 0 saturated heterocycles. The average Bonchev–Trinajstić information content (AvgIpc) is 1.66. The Hall–Kier alpha value is -0.830. The Balaban J connectivity index is 2.46. The lowest BCUT2D eigenvalue weighted by atomic mass is 10.3. The molecule has 1 atom stereocenters. The van der Waals surface area contributed by atoms with Crippen LogP contribution in [0.2, 0.25) is 0 Å². The second-order valence-electron chi connectivity index (χ2n) is 1.44. The Bertz CT molecular complexity index is 128. The molecule has 0 aromatic rings. The zero-order valence-corrected chi connectivity index (χ0v) is 4.46. The Labute approximate surface area is 46.9 Å². The fourth-order valence-corrected chi connectivity index (χ4v) is 0.477. The van der Waals surface area contributed by atoms with Crippen LogP contribution in [-0.4, -0.2) is 19.7 Å². The molecule has 1 unspecified atom stereocenters. The van der Waals surface area contributed by atoms with E-state index in [1.165, 1.54) is 13.4 Å². The van der Waals surface area contributed by atoms with Crippen molar-refractivity contribution in [3.63, 3.8) is 0 Å². The fourth-order valence-electron chi connectivity index (χ4n) is 0.477. The van der Waals surface area contributed by atoms with Crippen LogP contribution in [0, 0.1) is 0 Å². The van der Waals surface area contributed by atoms with Gasteiger partial charge in [0.15, 0.2) is 6.29 Å². The average molecular weight is 114 g/mol. The first kappa shape index (κ1) is 5.31. The third-order valence-corrected chi connectivity index (χ3v) is 0.950. The number of rotatable bonds is 2. The molecule has 1 heterocycles. The second kappa shape index (κ2) is 1.96. The van der Waals surface area contributed by atoms with Gasteiger partial charge in [-0.25, -0.2) is 0 Å². The van der Waals surface area contributed by atoms with E-state index < -0.39 is 6.29 Å². The standard InChI is InChI=1S/C5H6O3/c1-7-5-4(2-6)3-8-5/h2-3,5H,1H3. The molecular weight excluding hydrogens is 108 g/mol. The maximum Gasteiger partial charge on any atom is 0.231 e. The first-order valence-corrected chi connectivity index (χ1v) is 2.22. The minimum atomic E-state index is -0.410. The molecule has 8 heavy (non-hydrogen) atoms. The third-order valence-electron chi connectivity index (χ3n) is 0.950. The van der Waals surface area contributed by atoms with E-state index in [0.29, 0.717) is 5.57 Å². The molecule has 0 amide bonds. The summed E-state index contributed by atoms with van der Waals surface area (Å²) in [6, 6.07) is 0. The molecule has 0 radical (unpaired) electrons. The summed E-state index contributed by atoms with van der Waals surface area (Å²) in [4.78, 5) is 9.93.